The van der Waals surface area contributed by atoms with Gasteiger partial charge < -0.3 is 9.51 Å². The van der Waals surface area contributed by atoms with Crippen LogP contribution in [0.2, 0.25) is 5.02 Å². The number of rotatable bonds is 7. The molecule has 0 bridgehead atoms. The molecule has 0 saturated carbocycles. The van der Waals surface area contributed by atoms with Crippen molar-refractivity contribution in [2.75, 3.05) is 4.90 Å². The number of ketones is 1. The van der Waals surface area contributed by atoms with Gasteiger partial charge >= 0.3 is 5.91 Å². The third-order valence-corrected chi connectivity index (χ3v) is 9.84. The van der Waals surface area contributed by atoms with E-state index in [4.69, 9.17) is 11.6 Å². The molecule has 2 aromatic carbocycles. The molecule has 1 atom stereocenters. The second-order valence-corrected chi connectivity index (χ2v) is 12.5. The zero-order chi connectivity index (χ0) is 29.5. The predicted molar refractivity (Wildman–Crippen MR) is 166 cm³/mol. The fourth-order valence-corrected chi connectivity index (χ4v) is 7.22. The van der Waals surface area contributed by atoms with Gasteiger partial charge in [0.1, 0.15) is 11.3 Å². The molecule has 1 saturated heterocycles. The van der Waals surface area contributed by atoms with E-state index in [-0.39, 0.29) is 22.2 Å². The summed E-state index contributed by atoms with van der Waals surface area (Å²) in [4.78, 5) is 33.3. The number of benzene rings is 2. The lowest BCUT2D eigenvalue weighted by Crippen LogP contribution is -2.29. The highest BCUT2D eigenvalue weighted by molar-refractivity contribution is 8.00. The van der Waals surface area contributed by atoms with Gasteiger partial charge in [-0.1, -0.05) is 90.2 Å². The van der Waals surface area contributed by atoms with Crippen molar-refractivity contribution < 1.29 is 14.7 Å². The molecule has 1 fully saturated rings. The highest BCUT2D eigenvalue weighted by Crippen LogP contribution is 2.44. The number of nitrogens with zero attached hydrogens (tertiary/aromatic N) is 5. The number of Topliss-reactive ketones (excluding diaryl/α,β-unsaturated/α-hetero) is 1. The van der Waals surface area contributed by atoms with E-state index in [1.807, 2.05) is 85.1 Å². The zero-order valence-electron chi connectivity index (χ0n) is 23.0. The van der Waals surface area contributed by atoms with Crippen LogP contribution in [0.3, 0.4) is 0 Å². The molecule has 0 radical (unpaired) electrons. The number of halogens is 1. The standard InChI is InChI=1S/C31H26ClN5O3S2/c1-4-19-11-13-20(14-12-19)25-23(26(38)24-18(3)36-15-7-8-17(2)28(36)33-24)27(39)29(40)37(25)30-34-35-31(42-30)41-16-21-9-5-6-10-22(21)32/h5-15,25,38H,4,16H2,1-3H3. The molecule has 1 N–H and O–H groups in total. The Morgan fingerprint density at radius 3 is 2.52 bits per heavy atom. The van der Waals surface area contributed by atoms with Gasteiger partial charge in [0.05, 0.1) is 17.3 Å². The van der Waals surface area contributed by atoms with E-state index in [9.17, 15) is 14.7 Å². The minimum absolute atomic E-state index is 0.0334. The molecule has 8 nitrogen and oxygen atoms in total. The molecule has 11 heteroatoms. The Labute approximate surface area is 255 Å². The van der Waals surface area contributed by atoms with Gasteiger partial charge in [-0.2, -0.15) is 0 Å². The number of hydrogen-bond donors (Lipinski definition) is 1. The van der Waals surface area contributed by atoms with E-state index in [1.54, 1.807) is 0 Å². The lowest BCUT2D eigenvalue weighted by atomic mass is 9.95. The number of aliphatic hydroxyl groups is 1. The van der Waals surface area contributed by atoms with E-state index in [1.165, 1.54) is 28.0 Å². The van der Waals surface area contributed by atoms with Crippen molar-refractivity contribution in [1.29, 1.82) is 0 Å². The minimum Gasteiger partial charge on any atom is -0.505 e. The number of pyridine rings is 1. The van der Waals surface area contributed by atoms with E-state index < -0.39 is 17.7 Å². The molecule has 6 rings (SSSR count). The molecule has 1 unspecified atom stereocenters. The molecule has 212 valence electrons. The van der Waals surface area contributed by atoms with Gasteiger partial charge in [0.2, 0.25) is 5.13 Å². The van der Waals surface area contributed by atoms with Crippen LogP contribution in [-0.2, 0) is 21.8 Å². The fraction of sp³-hybridized carbons (Fsp3) is 0.194. The Hall–Kier alpha value is -3.99. The lowest BCUT2D eigenvalue weighted by Gasteiger charge is -2.22. The normalized spacial score (nSPS) is 16.6. The summed E-state index contributed by atoms with van der Waals surface area (Å²) in [6.07, 6.45) is 2.69. The maximum Gasteiger partial charge on any atom is 0.301 e. The molecule has 42 heavy (non-hydrogen) atoms. The molecule has 0 spiro atoms. The SMILES string of the molecule is CCc1ccc(C2C(=C(O)c3nc4c(C)cccn4c3C)C(=O)C(=O)N2c2nnc(SCc3ccccc3Cl)s2)cc1. The Balaban J connectivity index is 1.44. The van der Waals surface area contributed by atoms with Crippen molar-refractivity contribution >= 4 is 62.9 Å². The number of amides is 1. The van der Waals surface area contributed by atoms with Crippen LogP contribution in [0.25, 0.3) is 11.4 Å². The second-order valence-electron chi connectivity index (χ2n) is 9.93. The average Bonchev–Trinajstić information content (AvgIpc) is 3.67. The second kappa shape index (κ2) is 11.4. The Kier molecular flexibility index (Phi) is 7.61. The van der Waals surface area contributed by atoms with Crippen molar-refractivity contribution in [3.63, 3.8) is 0 Å². The topological polar surface area (TPSA) is 101 Å². The number of imidazole rings is 1. The Morgan fingerprint density at radius 2 is 1.81 bits per heavy atom. The van der Waals surface area contributed by atoms with Gasteiger partial charge in [0.25, 0.3) is 5.78 Å². The van der Waals surface area contributed by atoms with Crippen LogP contribution < -0.4 is 4.90 Å². The maximum atomic E-state index is 13.7. The number of anilines is 1. The van der Waals surface area contributed by atoms with Crippen molar-refractivity contribution in [3.05, 3.63) is 111 Å². The summed E-state index contributed by atoms with van der Waals surface area (Å²) in [5, 5.41) is 21.2. The van der Waals surface area contributed by atoms with Gasteiger partial charge in [-0.05, 0) is 54.7 Å². The summed E-state index contributed by atoms with van der Waals surface area (Å²) < 4.78 is 2.48. The largest absolute Gasteiger partial charge is 0.505 e. The Bertz CT molecular complexity index is 1880. The van der Waals surface area contributed by atoms with Crippen molar-refractivity contribution in [2.45, 2.75) is 43.3 Å². The predicted octanol–water partition coefficient (Wildman–Crippen LogP) is 6.94. The van der Waals surface area contributed by atoms with Crippen LogP contribution in [0.1, 0.15) is 46.6 Å². The van der Waals surface area contributed by atoms with Gasteiger partial charge in [-0.15, -0.1) is 10.2 Å². The number of aryl methyl sites for hydroxylation is 3. The average molecular weight is 616 g/mol. The molecule has 0 aliphatic carbocycles. The van der Waals surface area contributed by atoms with Gasteiger partial charge in [-0.25, -0.2) is 4.98 Å². The summed E-state index contributed by atoms with van der Waals surface area (Å²) in [6, 6.07) is 18.2. The third-order valence-electron chi connectivity index (χ3n) is 7.37. The Morgan fingerprint density at radius 1 is 1.05 bits per heavy atom. The quantitative estimate of drug-likeness (QED) is 0.0696. The van der Waals surface area contributed by atoms with E-state index in [0.29, 0.717) is 32.0 Å². The fourth-order valence-electron chi connectivity index (χ4n) is 5.07. The smallest absolute Gasteiger partial charge is 0.301 e. The summed E-state index contributed by atoms with van der Waals surface area (Å²) in [5.74, 6) is -1.33. The maximum absolute atomic E-state index is 13.7. The van der Waals surface area contributed by atoms with E-state index in [0.717, 1.165) is 23.1 Å². The number of carbonyl (C=O) groups excluding carboxylic acids is 2. The first-order chi connectivity index (χ1) is 20.3. The molecule has 3 aromatic heterocycles. The highest BCUT2D eigenvalue weighted by atomic mass is 35.5. The van der Waals surface area contributed by atoms with Crippen LogP contribution >= 0.6 is 34.7 Å². The number of aromatic nitrogens is 4. The minimum atomic E-state index is -0.907. The van der Waals surface area contributed by atoms with E-state index >= 15 is 0 Å². The molecule has 1 aliphatic rings. The van der Waals surface area contributed by atoms with Crippen LogP contribution in [0.4, 0.5) is 5.13 Å². The number of carbonyl (C=O) groups is 2. The van der Waals surface area contributed by atoms with Gasteiger partial charge in [-0.3, -0.25) is 14.5 Å². The van der Waals surface area contributed by atoms with Crippen LogP contribution in [-0.4, -0.2) is 36.4 Å². The summed E-state index contributed by atoms with van der Waals surface area (Å²) in [5.41, 5.74) is 5.20. The van der Waals surface area contributed by atoms with Crippen molar-refractivity contribution in [3.8, 4) is 0 Å². The first kappa shape index (κ1) is 28.1. The summed E-state index contributed by atoms with van der Waals surface area (Å²) in [7, 11) is 0. The van der Waals surface area contributed by atoms with Crippen LogP contribution in [0.5, 0.6) is 0 Å². The molecule has 5 aromatic rings. The first-order valence-electron chi connectivity index (χ1n) is 13.3. The summed E-state index contributed by atoms with van der Waals surface area (Å²) >= 11 is 8.97. The lowest BCUT2D eigenvalue weighted by molar-refractivity contribution is -0.132. The van der Waals surface area contributed by atoms with E-state index in [2.05, 4.69) is 22.1 Å². The van der Waals surface area contributed by atoms with Gasteiger partial charge in [0, 0.05) is 17.0 Å². The van der Waals surface area contributed by atoms with Crippen LogP contribution in [0, 0.1) is 13.8 Å². The monoisotopic (exact) mass is 615 g/mol. The summed E-state index contributed by atoms with van der Waals surface area (Å²) in [6.45, 7) is 5.80. The third kappa shape index (κ3) is 4.89. The van der Waals surface area contributed by atoms with Crippen LogP contribution in [0.15, 0.2) is 76.8 Å². The van der Waals surface area contributed by atoms with Crippen molar-refractivity contribution in [2.24, 2.45) is 0 Å². The first-order valence-corrected chi connectivity index (χ1v) is 15.5. The molecular weight excluding hydrogens is 590 g/mol. The zero-order valence-corrected chi connectivity index (χ0v) is 25.4. The molecule has 1 amide bonds. The number of thioether (sulfide) groups is 1. The highest BCUT2D eigenvalue weighted by Gasteiger charge is 2.48. The molecular formula is C31H26ClN5O3S2. The van der Waals surface area contributed by atoms with Crippen molar-refractivity contribution in [1.82, 2.24) is 19.6 Å². The number of fused-ring (bicyclic) bond motifs is 1. The number of aliphatic hydroxyl groups excluding tert-OH is 1. The molecule has 1 aliphatic heterocycles. The van der Waals surface area contributed by atoms with Gasteiger partial charge in [0.15, 0.2) is 10.1 Å². The number of hydrogen-bond acceptors (Lipinski definition) is 8. The molecule has 4 heterocycles.